The van der Waals surface area contributed by atoms with Crippen molar-refractivity contribution in [2.75, 3.05) is 11.9 Å². The predicted octanol–water partition coefficient (Wildman–Crippen LogP) is 3.83. The molecule has 4 rings (SSSR count). The molecule has 4 N–H and O–H groups in total. The first kappa shape index (κ1) is 22.6. The Kier molecular flexibility index (Phi) is 5.98. The zero-order valence-corrected chi connectivity index (χ0v) is 19.5. The number of rotatable bonds is 8. The standard InChI is InChI=1S/C25H30N6O2/c1-14(2)29-21-18(24(33)27-10-9-25(3,4)31-23(32)16-6-7-16)13-28-20-17-8-5-15(12-26)11-19(17)30-22(20)21/h5,8,11,13-14,16,30H,6-7,9-10H2,1-4H3,(H,27,33)(H,28,29)(H,31,32). The summed E-state index contributed by atoms with van der Waals surface area (Å²) in [6.07, 6.45) is 4.13. The molecular weight excluding hydrogens is 416 g/mol. The van der Waals surface area contributed by atoms with Crippen molar-refractivity contribution in [3.8, 4) is 6.07 Å². The van der Waals surface area contributed by atoms with Gasteiger partial charge in [0.2, 0.25) is 5.91 Å². The van der Waals surface area contributed by atoms with Crippen molar-refractivity contribution in [1.82, 2.24) is 20.6 Å². The molecule has 1 aliphatic rings. The number of H-pyrrole nitrogens is 1. The Bertz CT molecular complexity index is 1260. The molecule has 0 spiro atoms. The van der Waals surface area contributed by atoms with Gasteiger partial charge in [0.1, 0.15) is 0 Å². The summed E-state index contributed by atoms with van der Waals surface area (Å²) in [6, 6.07) is 7.67. The number of nitriles is 1. The van der Waals surface area contributed by atoms with E-state index >= 15 is 0 Å². The zero-order chi connectivity index (χ0) is 23.8. The van der Waals surface area contributed by atoms with Crippen LogP contribution in [0.15, 0.2) is 24.4 Å². The maximum Gasteiger partial charge on any atom is 0.255 e. The minimum atomic E-state index is -0.399. The minimum absolute atomic E-state index is 0.0970. The highest BCUT2D eigenvalue weighted by Gasteiger charge is 2.33. The summed E-state index contributed by atoms with van der Waals surface area (Å²) in [7, 11) is 0. The number of fused-ring (bicyclic) bond motifs is 3. The third kappa shape index (κ3) is 4.92. The molecule has 8 nitrogen and oxygen atoms in total. The Morgan fingerprint density at radius 3 is 2.73 bits per heavy atom. The lowest BCUT2D eigenvalue weighted by molar-refractivity contribution is -0.123. The molecule has 0 atom stereocenters. The van der Waals surface area contributed by atoms with E-state index in [2.05, 4.69) is 32.0 Å². The zero-order valence-electron chi connectivity index (χ0n) is 19.5. The van der Waals surface area contributed by atoms with E-state index in [1.165, 1.54) is 0 Å². The van der Waals surface area contributed by atoms with Crippen LogP contribution in [0.25, 0.3) is 21.9 Å². The van der Waals surface area contributed by atoms with E-state index in [0.717, 1.165) is 34.8 Å². The first-order chi connectivity index (χ1) is 15.7. The summed E-state index contributed by atoms with van der Waals surface area (Å²) in [5.41, 5.74) is 3.57. The van der Waals surface area contributed by atoms with Gasteiger partial charge >= 0.3 is 0 Å². The van der Waals surface area contributed by atoms with Crippen molar-refractivity contribution in [3.05, 3.63) is 35.5 Å². The molecule has 0 saturated heterocycles. The van der Waals surface area contributed by atoms with Crippen LogP contribution in [0.5, 0.6) is 0 Å². The van der Waals surface area contributed by atoms with Gasteiger partial charge in [-0.1, -0.05) is 0 Å². The topological polar surface area (TPSA) is 123 Å². The molecule has 1 aliphatic carbocycles. The highest BCUT2D eigenvalue weighted by Crippen LogP contribution is 2.32. The molecular formula is C25H30N6O2. The lowest BCUT2D eigenvalue weighted by Crippen LogP contribution is -2.46. The number of benzene rings is 1. The van der Waals surface area contributed by atoms with Crippen molar-refractivity contribution >= 4 is 39.4 Å². The molecule has 3 aromatic rings. The molecule has 1 saturated carbocycles. The summed E-state index contributed by atoms with van der Waals surface area (Å²) >= 11 is 0. The first-order valence-corrected chi connectivity index (χ1v) is 11.4. The maximum absolute atomic E-state index is 13.1. The number of pyridine rings is 1. The second kappa shape index (κ2) is 8.74. The summed E-state index contributed by atoms with van der Waals surface area (Å²) in [6.45, 7) is 8.39. The van der Waals surface area contributed by atoms with Gasteiger partial charge in [0.15, 0.2) is 0 Å². The third-order valence-corrected chi connectivity index (χ3v) is 5.87. The fourth-order valence-corrected chi connectivity index (χ4v) is 3.93. The maximum atomic E-state index is 13.1. The summed E-state index contributed by atoms with van der Waals surface area (Å²) in [4.78, 5) is 33.1. The summed E-state index contributed by atoms with van der Waals surface area (Å²) in [5, 5.41) is 19.5. The minimum Gasteiger partial charge on any atom is -0.380 e. The van der Waals surface area contributed by atoms with Gasteiger partial charge in [-0.3, -0.25) is 14.6 Å². The molecule has 0 radical (unpaired) electrons. The van der Waals surface area contributed by atoms with Crippen molar-refractivity contribution < 1.29 is 9.59 Å². The number of carbonyl (C=O) groups is 2. The smallest absolute Gasteiger partial charge is 0.255 e. The SMILES string of the molecule is CC(C)Nc1c(C(=O)NCCC(C)(C)NC(=O)C2CC2)cnc2c1[nH]c1cc(C#N)ccc12. The molecule has 0 unspecified atom stereocenters. The van der Waals surface area contributed by atoms with E-state index in [-0.39, 0.29) is 23.8 Å². The van der Waals surface area contributed by atoms with Crippen LogP contribution in [0.1, 0.15) is 62.9 Å². The van der Waals surface area contributed by atoms with Gasteiger partial charge in [-0.05, 0) is 65.2 Å². The van der Waals surface area contributed by atoms with Crippen molar-refractivity contribution in [3.63, 3.8) is 0 Å². The Hall–Kier alpha value is -3.60. The molecule has 33 heavy (non-hydrogen) atoms. The summed E-state index contributed by atoms with van der Waals surface area (Å²) in [5.74, 6) is 0.0258. The normalized spacial score (nSPS) is 13.8. The Balaban J connectivity index is 1.56. The monoisotopic (exact) mass is 446 g/mol. The number of nitrogens with zero attached hydrogens (tertiary/aromatic N) is 2. The highest BCUT2D eigenvalue weighted by atomic mass is 16.2. The number of hydrogen-bond donors (Lipinski definition) is 4. The van der Waals surface area contributed by atoms with E-state index in [1.807, 2.05) is 33.8 Å². The fourth-order valence-electron chi connectivity index (χ4n) is 3.93. The Labute approximate surface area is 193 Å². The van der Waals surface area contributed by atoms with Crippen LogP contribution in [-0.2, 0) is 4.79 Å². The fraction of sp³-hybridized carbons (Fsp3) is 0.440. The second-order valence-electron chi connectivity index (χ2n) is 9.72. The Morgan fingerprint density at radius 2 is 2.06 bits per heavy atom. The molecule has 0 aliphatic heterocycles. The quantitative estimate of drug-likeness (QED) is 0.419. The number of amides is 2. The molecule has 1 fully saturated rings. The van der Waals surface area contributed by atoms with Crippen molar-refractivity contribution in [2.45, 2.75) is 58.5 Å². The predicted molar refractivity (Wildman–Crippen MR) is 129 cm³/mol. The van der Waals surface area contributed by atoms with Crippen LogP contribution in [0.4, 0.5) is 5.69 Å². The number of aromatic nitrogens is 2. The van der Waals surface area contributed by atoms with Gasteiger partial charge in [-0.25, -0.2) is 0 Å². The number of nitrogens with one attached hydrogen (secondary N) is 4. The van der Waals surface area contributed by atoms with Gasteiger partial charge in [-0.15, -0.1) is 0 Å². The van der Waals surface area contributed by atoms with Gasteiger partial charge in [0, 0.05) is 41.1 Å². The molecule has 2 aromatic heterocycles. The summed E-state index contributed by atoms with van der Waals surface area (Å²) < 4.78 is 0. The lowest BCUT2D eigenvalue weighted by atomic mass is 10.00. The average Bonchev–Trinajstić information content (AvgIpc) is 3.54. The van der Waals surface area contributed by atoms with Gasteiger partial charge < -0.3 is 20.9 Å². The van der Waals surface area contributed by atoms with Gasteiger partial charge in [0.25, 0.3) is 5.91 Å². The van der Waals surface area contributed by atoms with E-state index in [9.17, 15) is 14.9 Å². The number of aromatic amines is 1. The van der Waals surface area contributed by atoms with Crippen LogP contribution < -0.4 is 16.0 Å². The van der Waals surface area contributed by atoms with Crippen LogP contribution >= 0.6 is 0 Å². The van der Waals surface area contributed by atoms with E-state index in [4.69, 9.17) is 0 Å². The average molecular weight is 447 g/mol. The van der Waals surface area contributed by atoms with Crippen LogP contribution in [0.2, 0.25) is 0 Å². The van der Waals surface area contributed by atoms with Crippen LogP contribution in [0.3, 0.4) is 0 Å². The van der Waals surface area contributed by atoms with Crippen LogP contribution in [0, 0.1) is 17.2 Å². The molecule has 1 aromatic carbocycles. The lowest BCUT2D eigenvalue weighted by Gasteiger charge is -2.26. The number of carbonyl (C=O) groups excluding carboxylic acids is 2. The first-order valence-electron chi connectivity index (χ1n) is 11.4. The molecule has 0 bridgehead atoms. The third-order valence-electron chi connectivity index (χ3n) is 5.87. The highest BCUT2D eigenvalue weighted by molar-refractivity contribution is 6.13. The molecule has 172 valence electrons. The van der Waals surface area contributed by atoms with Crippen molar-refractivity contribution in [2.24, 2.45) is 5.92 Å². The second-order valence-corrected chi connectivity index (χ2v) is 9.72. The van der Waals surface area contributed by atoms with E-state index in [1.54, 1.807) is 18.3 Å². The Morgan fingerprint density at radius 1 is 1.30 bits per heavy atom. The van der Waals surface area contributed by atoms with E-state index < -0.39 is 5.54 Å². The van der Waals surface area contributed by atoms with E-state index in [0.29, 0.717) is 29.8 Å². The molecule has 2 amide bonds. The number of hydrogen-bond acceptors (Lipinski definition) is 5. The van der Waals surface area contributed by atoms with Gasteiger partial charge in [-0.2, -0.15) is 5.26 Å². The van der Waals surface area contributed by atoms with Crippen molar-refractivity contribution in [1.29, 1.82) is 5.26 Å². The number of anilines is 1. The van der Waals surface area contributed by atoms with Crippen LogP contribution in [-0.4, -0.2) is 39.9 Å². The largest absolute Gasteiger partial charge is 0.380 e. The van der Waals surface area contributed by atoms with Gasteiger partial charge in [0.05, 0.1) is 33.9 Å². The molecule has 2 heterocycles. The molecule has 8 heteroatoms.